The van der Waals surface area contributed by atoms with E-state index in [2.05, 4.69) is 4.90 Å². The minimum absolute atomic E-state index is 0.0619. The van der Waals surface area contributed by atoms with Crippen LogP contribution < -0.4 is 0 Å². The van der Waals surface area contributed by atoms with Gasteiger partial charge in [-0.1, -0.05) is 0 Å². The first kappa shape index (κ1) is 7.53. The van der Waals surface area contributed by atoms with Crippen molar-refractivity contribution in [3.8, 4) is 0 Å². The van der Waals surface area contributed by atoms with Gasteiger partial charge in [-0.2, -0.15) is 0 Å². The Morgan fingerprint density at radius 2 is 1.91 bits per heavy atom. The summed E-state index contributed by atoms with van der Waals surface area (Å²) in [6.45, 7) is 3.68. The number of rotatable bonds is 1. The molecule has 0 aromatic carbocycles. The summed E-state index contributed by atoms with van der Waals surface area (Å²) in [6, 6.07) is 0.443. The van der Waals surface area contributed by atoms with Gasteiger partial charge in [-0.15, -0.1) is 0 Å². The molecule has 0 aromatic rings. The van der Waals surface area contributed by atoms with Gasteiger partial charge in [-0.3, -0.25) is 4.90 Å². The quantitative estimate of drug-likeness (QED) is 0.574. The Kier molecular flexibility index (Phi) is 2.11. The van der Waals surface area contributed by atoms with Crippen molar-refractivity contribution in [3.05, 3.63) is 0 Å². The van der Waals surface area contributed by atoms with E-state index in [1.165, 1.54) is 6.42 Å². The van der Waals surface area contributed by atoms with Gasteiger partial charge >= 0.3 is 0 Å². The fraction of sp³-hybridized carbons (Fsp3) is 1.00. The second kappa shape index (κ2) is 3.09. The number of nitrogens with zero attached hydrogens (tertiary/aromatic N) is 1. The fourth-order valence-corrected chi connectivity index (χ4v) is 1.80. The summed E-state index contributed by atoms with van der Waals surface area (Å²) in [7, 11) is 0. The van der Waals surface area contributed by atoms with Crippen molar-refractivity contribution < 1.29 is 9.84 Å². The molecule has 0 unspecified atom stereocenters. The molecular weight excluding hydrogens is 142 g/mol. The lowest BCUT2D eigenvalue weighted by molar-refractivity contribution is -0.0626. The lowest BCUT2D eigenvalue weighted by Gasteiger charge is -2.43. The highest BCUT2D eigenvalue weighted by atomic mass is 16.5. The van der Waals surface area contributed by atoms with Gasteiger partial charge in [-0.25, -0.2) is 0 Å². The molecule has 0 radical (unpaired) electrons. The van der Waals surface area contributed by atoms with Gasteiger partial charge < -0.3 is 9.84 Å². The molecule has 1 heterocycles. The first-order valence-corrected chi connectivity index (χ1v) is 4.38. The Morgan fingerprint density at radius 1 is 1.18 bits per heavy atom. The topological polar surface area (TPSA) is 32.7 Å². The van der Waals surface area contributed by atoms with E-state index in [9.17, 15) is 5.11 Å². The van der Waals surface area contributed by atoms with Crippen LogP contribution in [0, 0.1) is 0 Å². The molecule has 2 fully saturated rings. The summed E-state index contributed by atoms with van der Waals surface area (Å²) in [5.41, 5.74) is 0. The van der Waals surface area contributed by atoms with Gasteiger partial charge in [-0.05, 0) is 12.8 Å². The van der Waals surface area contributed by atoms with E-state index < -0.39 is 0 Å². The zero-order chi connectivity index (χ0) is 7.68. The molecule has 0 amide bonds. The third kappa shape index (κ3) is 1.41. The van der Waals surface area contributed by atoms with Gasteiger partial charge in [0.05, 0.1) is 19.3 Å². The number of hydrogen-bond acceptors (Lipinski definition) is 3. The van der Waals surface area contributed by atoms with Crippen molar-refractivity contribution in [1.82, 2.24) is 4.90 Å². The lowest BCUT2D eigenvalue weighted by atomic mass is 9.87. The minimum atomic E-state index is -0.0619. The molecule has 0 spiro atoms. The lowest BCUT2D eigenvalue weighted by Crippen LogP contribution is -2.54. The molecule has 1 aliphatic carbocycles. The average molecular weight is 157 g/mol. The smallest absolute Gasteiger partial charge is 0.0696 e. The molecule has 0 aromatic heterocycles. The third-order valence-electron chi connectivity index (χ3n) is 2.72. The largest absolute Gasteiger partial charge is 0.391 e. The molecule has 2 rings (SSSR count). The SMILES string of the molecule is O[C@H]1CC[C@@H]1N1CCOCC1. The van der Waals surface area contributed by atoms with Crippen LogP contribution in [0.4, 0.5) is 0 Å². The van der Waals surface area contributed by atoms with Crippen LogP contribution in [0.2, 0.25) is 0 Å². The second-order valence-electron chi connectivity index (χ2n) is 3.36. The van der Waals surface area contributed by atoms with Crippen molar-refractivity contribution in [2.45, 2.75) is 25.0 Å². The van der Waals surface area contributed by atoms with Crippen LogP contribution in [-0.4, -0.2) is 48.5 Å². The van der Waals surface area contributed by atoms with Crippen molar-refractivity contribution >= 4 is 0 Å². The van der Waals surface area contributed by atoms with E-state index in [0.717, 1.165) is 32.7 Å². The molecule has 0 bridgehead atoms. The van der Waals surface area contributed by atoms with Gasteiger partial charge in [0.25, 0.3) is 0 Å². The number of ether oxygens (including phenoxy) is 1. The van der Waals surface area contributed by atoms with Crippen LogP contribution in [0.25, 0.3) is 0 Å². The van der Waals surface area contributed by atoms with Gasteiger partial charge in [0, 0.05) is 19.1 Å². The predicted molar refractivity (Wildman–Crippen MR) is 41.4 cm³/mol. The molecule has 2 aliphatic rings. The molecule has 1 saturated heterocycles. The molecule has 1 N–H and O–H groups in total. The maximum atomic E-state index is 9.38. The second-order valence-corrected chi connectivity index (χ2v) is 3.36. The summed E-state index contributed by atoms with van der Waals surface area (Å²) in [5, 5.41) is 9.38. The molecule has 11 heavy (non-hydrogen) atoms. The molecule has 3 heteroatoms. The Bertz CT molecular complexity index is 134. The summed E-state index contributed by atoms with van der Waals surface area (Å²) in [6.07, 6.45) is 2.09. The Labute approximate surface area is 66.9 Å². The number of morpholine rings is 1. The van der Waals surface area contributed by atoms with Crippen LogP contribution in [0.5, 0.6) is 0 Å². The van der Waals surface area contributed by atoms with Gasteiger partial charge in [0.1, 0.15) is 0 Å². The maximum absolute atomic E-state index is 9.38. The standard InChI is InChI=1S/C8H15NO2/c10-8-2-1-7(8)9-3-5-11-6-4-9/h7-8,10H,1-6H2/t7-,8-/m0/s1. The number of hydrogen-bond donors (Lipinski definition) is 1. The third-order valence-corrected chi connectivity index (χ3v) is 2.72. The van der Waals surface area contributed by atoms with E-state index in [0.29, 0.717) is 6.04 Å². The van der Waals surface area contributed by atoms with E-state index in [-0.39, 0.29) is 6.10 Å². The van der Waals surface area contributed by atoms with Gasteiger partial charge in [0.15, 0.2) is 0 Å². The summed E-state index contributed by atoms with van der Waals surface area (Å²) in [5.74, 6) is 0. The maximum Gasteiger partial charge on any atom is 0.0696 e. The highest BCUT2D eigenvalue weighted by Crippen LogP contribution is 2.25. The Morgan fingerprint density at radius 3 is 2.36 bits per heavy atom. The van der Waals surface area contributed by atoms with E-state index in [1.807, 2.05) is 0 Å². The molecule has 1 aliphatic heterocycles. The van der Waals surface area contributed by atoms with E-state index in [1.54, 1.807) is 0 Å². The minimum Gasteiger partial charge on any atom is -0.391 e. The van der Waals surface area contributed by atoms with Crippen LogP contribution in [0.15, 0.2) is 0 Å². The van der Waals surface area contributed by atoms with Crippen LogP contribution >= 0.6 is 0 Å². The van der Waals surface area contributed by atoms with E-state index in [4.69, 9.17) is 4.74 Å². The van der Waals surface area contributed by atoms with Crippen LogP contribution in [0.1, 0.15) is 12.8 Å². The first-order chi connectivity index (χ1) is 5.38. The average Bonchev–Trinajstić information content (AvgIpc) is 2.04. The molecule has 1 saturated carbocycles. The highest BCUT2D eigenvalue weighted by Gasteiger charge is 2.34. The van der Waals surface area contributed by atoms with Gasteiger partial charge in [0.2, 0.25) is 0 Å². The molecular formula is C8H15NO2. The highest BCUT2D eigenvalue weighted by molar-refractivity contribution is 4.89. The monoisotopic (exact) mass is 157 g/mol. The van der Waals surface area contributed by atoms with Crippen molar-refractivity contribution in [3.63, 3.8) is 0 Å². The van der Waals surface area contributed by atoms with E-state index >= 15 is 0 Å². The number of aliphatic hydroxyl groups is 1. The Hall–Kier alpha value is -0.120. The normalized spacial score (nSPS) is 40.1. The van der Waals surface area contributed by atoms with Crippen LogP contribution in [-0.2, 0) is 4.74 Å². The first-order valence-electron chi connectivity index (χ1n) is 4.38. The van der Waals surface area contributed by atoms with Crippen molar-refractivity contribution in [2.75, 3.05) is 26.3 Å². The number of aliphatic hydroxyl groups excluding tert-OH is 1. The predicted octanol–water partition coefficient (Wildman–Crippen LogP) is -0.158. The molecule has 2 atom stereocenters. The molecule has 64 valence electrons. The molecule has 3 nitrogen and oxygen atoms in total. The summed E-state index contributed by atoms with van der Waals surface area (Å²) in [4.78, 5) is 2.34. The Balaban J connectivity index is 1.83. The summed E-state index contributed by atoms with van der Waals surface area (Å²) < 4.78 is 5.23. The van der Waals surface area contributed by atoms with Crippen LogP contribution in [0.3, 0.4) is 0 Å². The van der Waals surface area contributed by atoms with Crippen molar-refractivity contribution in [2.24, 2.45) is 0 Å². The zero-order valence-corrected chi connectivity index (χ0v) is 6.70. The van der Waals surface area contributed by atoms with Crippen molar-refractivity contribution in [1.29, 1.82) is 0 Å². The zero-order valence-electron chi connectivity index (χ0n) is 6.70. The fourth-order valence-electron chi connectivity index (χ4n) is 1.80. The summed E-state index contributed by atoms with van der Waals surface area (Å²) >= 11 is 0.